The van der Waals surface area contributed by atoms with Crippen molar-refractivity contribution < 1.29 is 14.3 Å². The molecule has 2 rings (SSSR count). The van der Waals surface area contributed by atoms with Crippen LogP contribution in [-0.4, -0.2) is 33.2 Å². The Kier molecular flexibility index (Phi) is 5.66. The second-order valence-electron chi connectivity index (χ2n) is 5.41. The van der Waals surface area contributed by atoms with Gasteiger partial charge in [0.25, 0.3) is 11.5 Å². The number of nitrogens with two attached hydrogens (primary N) is 1. The normalized spacial score (nSPS) is 13.7. The van der Waals surface area contributed by atoms with Crippen LogP contribution in [0, 0.1) is 13.8 Å². The van der Waals surface area contributed by atoms with Gasteiger partial charge >= 0.3 is 5.97 Å². The molecule has 2 aromatic heterocycles. The first-order valence-electron chi connectivity index (χ1n) is 7.31. The van der Waals surface area contributed by atoms with Crippen LogP contribution in [-0.2, 0) is 20.1 Å². The molecule has 2 atom stereocenters. The molecule has 0 fully saturated rings. The molecule has 0 aliphatic rings. The van der Waals surface area contributed by atoms with Gasteiger partial charge < -0.3 is 15.5 Å². The molecule has 9 heteroatoms. The predicted molar refractivity (Wildman–Crippen MR) is 95.2 cm³/mol. The molecule has 130 valence electrons. The minimum absolute atomic E-state index is 0.171. The van der Waals surface area contributed by atoms with Crippen molar-refractivity contribution in [3.63, 3.8) is 0 Å². The van der Waals surface area contributed by atoms with Crippen molar-refractivity contribution >= 4 is 45.2 Å². The topological polar surface area (TPSA) is 115 Å². The molecule has 0 aliphatic carbocycles. The first-order valence-corrected chi connectivity index (χ1v) is 9.17. The molecule has 0 spiro atoms. The molecule has 1 amide bonds. The van der Waals surface area contributed by atoms with Crippen LogP contribution in [0.25, 0.3) is 10.2 Å². The van der Waals surface area contributed by atoms with Gasteiger partial charge in [-0.1, -0.05) is 0 Å². The largest absolute Gasteiger partial charge is 0.452 e. The van der Waals surface area contributed by atoms with E-state index in [0.717, 1.165) is 10.4 Å². The zero-order chi connectivity index (χ0) is 18.0. The molecule has 0 saturated heterocycles. The van der Waals surface area contributed by atoms with E-state index in [4.69, 9.17) is 10.5 Å². The van der Waals surface area contributed by atoms with Gasteiger partial charge in [-0.3, -0.25) is 14.4 Å². The monoisotopic (exact) mass is 369 g/mol. The number of aromatic amines is 1. The summed E-state index contributed by atoms with van der Waals surface area (Å²) < 4.78 is 4.95. The average Bonchev–Trinajstić information content (AvgIpc) is 2.79. The van der Waals surface area contributed by atoms with E-state index >= 15 is 0 Å². The summed E-state index contributed by atoms with van der Waals surface area (Å²) in [6.07, 6.45) is -0.966. The molecule has 0 radical (unpaired) electrons. The highest BCUT2D eigenvalue weighted by atomic mass is 32.2. The fourth-order valence-corrected chi connectivity index (χ4v) is 3.75. The van der Waals surface area contributed by atoms with Crippen LogP contribution in [0.4, 0.5) is 0 Å². The van der Waals surface area contributed by atoms with E-state index in [9.17, 15) is 14.4 Å². The van der Waals surface area contributed by atoms with Crippen LogP contribution in [0.3, 0.4) is 0 Å². The van der Waals surface area contributed by atoms with Gasteiger partial charge in [-0.05, 0) is 33.3 Å². The number of nitrogens with zero attached hydrogens (tertiary/aromatic N) is 1. The minimum atomic E-state index is -0.966. The maximum atomic E-state index is 12.2. The van der Waals surface area contributed by atoms with Crippen molar-refractivity contribution in [1.29, 1.82) is 0 Å². The van der Waals surface area contributed by atoms with Crippen molar-refractivity contribution in [3.05, 3.63) is 26.6 Å². The lowest BCUT2D eigenvalue weighted by Crippen LogP contribution is -2.33. The van der Waals surface area contributed by atoms with E-state index in [1.54, 1.807) is 6.92 Å². The SMILES string of the molecule is Cc1sc2nc(CSC(C)C(=O)OC(C)C(N)=O)[nH]c(=O)c2c1C. The summed E-state index contributed by atoms with van der Waals surface area (Å²) in [6.45, 7) is 6.94. The number of hydrogen-bond donors (Lipinski definition) is 2. The van der Waals surface area contributed by atoms with E-state index in [0.29, 0.717) is 21.8 Å². The fourth-order valence-electron chi connectivity index (χ4n) is 1.97. The van der Waals surface area contributed by atoms with Crippen molar-refractivity contribution in [2.24, 2.45) is 5.73 Å². The number of rotatable bonds is 6. The van der Waals surface area contributed by atoms with E-state index in [-0.39, 0.29) is 5.56 Å². The van der Waals surface area contributed by atoms with Crippen molar-refractivity contribution in [2.45, 2.75) is 44.8 Å². The summed E-state index contributed by atoms with van der Waals surface area (Å²) >= 11 is 2.74. The minimum Gasteiger partial charge on any atom is -0.452 e. The van der Waals surface area contributed by atoms with Gasteiger partial charge in [0.2, 0.25) is 0 Å². The number of carbonyl (C=O) groups excluding carboxylic acids is 2. The zero-order valence-electron chi connectivity index (χ0n) is 13.8. The second kappa shape index (κ2) is 7.35. The van der Waals surface area contributed by atoms with Gasteiger partial charge in [0.15, 0.2) is 6.10 Å². The highest BCUT2D eigenvalue weighted by molar-refractivity contribution is 7.99. The summed E-state index contributed by atoms with van der Waals surface area (Å²) in [6, 6.07) is 0. The summed E-state index contributed by atoms with van der Waals surface area (Å²) in [5, 5.41) is 0.105. The van der Waals surface area contributed by atoms with Crippen molar-refractivity contribution in [1.82, 2.24) is 9.97 Å². The number of hydrogen-bond acceptors (Lipinski definition) is 7. The van der Waals surface area contributed by atoms with E-state index in [1.807, 2.05) is 13.8 Å². The number of aryl methyl sites for hydroxylation is 2. The number of nitrogens with one attached hydrogen (secondary N) is 1. The number of fused-ring (bicyclic) bond motifs is 1. The van der Waals surface area contributed by atoms with Gasteiger partial charge in [0.05, 0.1) is 11.1 Å². The van der Waals surface area contributed by atoms with Gasteiger partial charge in [-0.15, -0.1) is 23.1 Å². The van der Waals surface area contributed by atoms with Gasteiger partial charge in [-0.25, -0.2) is 4.98 Å². The third-order valence-corrected chi connectivity index (χ3v) is 5.82. The Morgan fingerprint density at radius 1 is 1.38 bits per heavy atom. The number of thiophene rings is 1. The lowest BCUT2D eigenvalue weighted by molar-refractivity contribution is -0.152. The molecular formula is C15H19N3O4S2. The van der Waals surface area contributed by atoms with Crippen LogP contribution in [0.1, 0.15) is 30.1 Å². The van der Waals surface area contributed by atoms with Gasteiger partial charge in [0, 0.05) is 4.88 Å². The Hall–Kier alpha value is -1.87. The molecule has 0 aromatic carbocycles. The number of primary amides is 1. The van der Waals surface area contributed by atoms with Crippen LogP contribution in [0.15, 0.2) is 4.79 Å². The quantitative estimate of drug-likeness (QED) is 0.748. The molecule has 2 aromatic rings. The number of aromatic nitrogens is 2. The number of H-pyrrole nitrogens is 1. The van der Waals surface area contributed by atoms with Crippen LogP contribution < -0.4 is 11.3 Å². The maximum absolute atomic E-state index is 12.2. The van der Waals surface area contributed by atoms with E-state index in [2.05, 4.69) is 9.97 Å². The van der Waals surface area contributed by atoms with Crippen molar-refractivity contribution in [3.8, 4) is 0 Å². The zero-order valence-corrected chi connectivity index (χ0v) is 15.5. The van der Waals surface area contributed by atoms with Crippen LogP contribution in [0.5, 0.6) is 0 Å². The first-order chi connectivity index (χ1) is 11.2. The molecule has 24 heavy (non-hydrogen) atoms. The van der Waals surface area contributed by atoms with E-state index < -0.39 is 23.2 Å². The summed E-state index contributed by atoms with van der Waals surface area (Å²) in [5.41, 5.74) is 5.84. The number of amides is 1. The molecule has 2 heterocycles. The fraction of sp³-hybridized carbons (Fsp3) is 0.467. The Morgan fingerprint density at radius 2 is 2.04 bits per heavy atom. The lowest BCUT2D eigenvalue weighted by atomic mass is 10.2. The van der Waals surface area contributed by atoms with Gasteiger partial charge in [-0.2, -0.15) is 0 Å². The summed E-state index contributed by atoms with van der Waals surface area (Å²) in [4.78, 5) is 43.9. The standard InChI is InChI=1S/C15H19N3O4S2/c1-6-8(3)24-14-11(6)13(20)17-10(18-14)5-23-9(4)15(21)22-7(2)12(16)19/h7,9H,5H2,1-4H3,(H2,16,19)(H,17,18,20). The molecule has 3 N–H and O–H groups in total. The van der Waals surface area contributed by atoms with Gasteiger partial charge in [0.1, 0.15) is 15.9 Å². The Labute approximate surface area is 147 Å². The highest BCUT2D eigenvalue weighted by Gasteiger charge is 2.21. The predicted octanol–water partition coefficient (Wildman–Crippen LogP) is 1.64. The van der Waals surface area contributed by atoms with Crippen LogP contribution >= 0.6 is 23.1 Å². The molecular weight excluding hydrogens is 350 g/mol. The third kappa shape index (κ3) is 3.96. The third-order valence-electron chi connectivity index (χ3n) is 3.58. The number of thioether (sulfide) groups is 1. The summed E-state index contributed by atoms with van der Waals surface area (Å²) in [5.74, 6) is -0.373. The maximum Gasteiger partial charge on any atom is 0.319 e. The average molecular weight is 369 g/mol. The number of esters is 1. The highest BCUT2D eigenvalue weighted by Crippen LogP contribution is 2.26. The van der Waals surface area contributed by atoms with Crippen molar-refractivity contribution in [2.75, 3.05) is 0 Å². The lowest BCUT2D eigenvalue weighted by Gasteiger charge is -2.14. The molecule has 2 unspecified atom stereocenters. The smallest absolute Gasteiger partial charge is 0.319 e. The molecule has 0 bridgehead atoms. The van der Waals surface area contributed by atoms with Crippen LogP contribution in [0.2, 0.25) is 0 Å². The Bertz CT molecular complexity index is 843. The van der Waals surface area contributed by atoms with E-state index in [1.165, 1.54) is 30.0 Å². The Morgan fingerprint density at radius 3 is 2.67 bits per heavy atom. The molecule has 0 saturated carbocycles. The molecule has 0 aliphatic heterocycles. The number of carbonyl (C=O) groups is 2. The number of ether oxygens (including phenoxy) is 1. The molecule has 7 nitrogen and oxygen atoms in total. The first kappa shape index (κ1) is 18.5. The summed E-state index contributed by atoms with van der Waals surface area (Å²) in [7, 11) is 0. The second-order valence-corrected chi connectivity index (χ2v) is 7.94. The Balaban J connectivity index is 2.06.